The van der Waals surface area contributed by atoms with Crippen LogP contribution in [0.3, 0.4) is 0 Å². The van der Waals surface area contributed by atoms with Gasteiger partial charge in [-0.2, -0.15) is 0 Å². The highest BCUT2D eigenvalue weighted by Gasteiger charge is 2.15. The zero-order valence-electron chi connectivity index (χ0n) is 12.7. The maximum Gasteiger partial charge on any atom is 0.413 e. The fourth-order valence-electron chi connectivity index (χ4n) is 2.05. The first-order valence-corrected chi connectivity index (χ1v) is 6.87. The Morgan fingerprint density at radius 3 is 2.43 bits per heavy atom. The normalized spacial score (nSPS) is 11.4. The third kappa shape index (κ3) is 4.19. The predicted molar refractivity (Wildman–Crippen MR) is 83.7 cm³/mol. The molecule has 1 amide bonds. The van der Waals surface area contributed by atoms with E-state index >= 15 is 0 Å². The Balaban J connectivity index is 2.00. The van der Waals surface area contributed by atoms with Gasteiger partial charge in [0.1, 0.15) is 11.5 Å². The van der Waals surface area contributed by atoms with Crippen molar-refractivity contribution in [2.45, 2.75) is 13.0 Å². The van der Waals surface area contributed by atoms with Crippen LogP contribution in [0.2, 0.25) is 0 Å². The van der Waals surface area contributed by atoms with Crippen molar-refractivity contribution in [2.24, 2.45) is 0 Å². The van der Waals surface area contributed by atoms with Crippen LogP contribution in [0.4, 0.5) is 10.5 Å². The summed E-state index contributed by atoms with van der Waals surface area (Å²) in [6.07, 6.45) is -0.655. The maximum absolute atomic E-state index is 11.9. The number of hydrogen-bond acceptors (Lipinski definition) is 5. The minimum absolute atomic E-state index is 0.0693. The van der Waals surface area contributed by atoms with E-state index in [4.69, 9.17) is 9.47 Å². The molecule has 7 nitrogen and oxygen atoms in total. The maximum atomic E-state index is 11.9. The van der Waals surface area contributed by atoms with E-state index in [1.807, 2.05) is 18.2 Å². The monoisotopic (exact) mass is 316 g/mol. The molecule has 0 heterocycles. The molecule has 23 heavy (non-hydrogen) atoms. The topological polar surface area (TPSA) is 90.7 Å². The van der Waals surface area contributed by atoms with E-state index in [0.29, 0.717) is 5.75 Å². The van der Waals surface area contributed by atoms with Gasteiger partial charge in [0.15, 0.2) is 0 Å². The van der Waals surface area contributed by atoms with Crippen LogP contribution in [0, 0.1) is 10.1 Å². The van der Waals surface area contributed by atoms with Crippen molar-refractivity contribution in [1.82, 2.24) is 5.32 Å². The largest absolute Gasteiger partial charge is 0.496 e. The summed E-state index contributed by atoms with van der Waals surface area (Å²) in [5.41, 5.74) is 0.746. The van der Waals surface area contributed by atoms with Gasteiger partial charge in [-0.3, -0.25) is 10.1 Å². The number of para-hydroxylation sites is 1. The predicted octanol–water partition coefficient (Wildman–Crippen LogP) is 3.45. The quantitative estimate of drug-likeness (QED) is 0.674. The number of nitro benzene ring substituents is 1. The van der Waals surface area contributed by atoms with Crippen molar-refractivity contribution < 1.29 is 19.2 Å². The summed E-state index contributed by atoms with van der Waals surface area (Å²) >= 11 is 0. The van der Waals surface area contributed by atoms with E-state index in [9.17, 15) is 14.9 Å². The number of ether oxygens (including phenoxy) is 2. The van der Waals surface area contributed by atoms with E-state index < -0.39 is 11.0 Å². The minimum atomic E-state index is -0.655. The van der Waals surface area contributed by atoms with Crippen LogP contribution in [0.25, 0.3) is 0 Å². The molecule has 0 aliphatic heterocycles. The Labute approximate surface area is 133 Å². The van der Waals surface area contributed by atoms with Crippen molar-refractivity contribution in [1.29, 1.82) is 0 Å². The van der Waals surface area contributed by atoms with Crippen LogP contribution >= 0.6 is 0 Å². The highest BCUT2D eigenvalue weighted by molar-refractivity contribution is 5.71. The lowest BCUT2D eigenvalue weighted by Crippen LogP contribution is -2.29. The number of benzene rings is 2. The molecule has 0 bridgehead atoms. The summed E-state index contributed by atoms with van der Waals surface area (Å²) in [4.78, 5) is 22.0. The lowest BCUT2D eigenvalue weighted by Gasteiger charge is -2.16. The summed E-state index contributed by atoms with van der Waals surface area (Å²) in [7, 11) is 1.56. The second-order valence-corrected chi connectivity index (χ2v) is 4.75. The third-order valence-corrected chi connectivity index (χ3v) is 3.20. The van der Waals surface area contributed by atoms with Crippen molar-refractivity contribution in [3.05, 3.63) is 64.2 Å². The fourth-order valence-corrected chi connectivity index (χ4v) is 2.05. The summed E-state index contributed by atoms with van der Waals surface area (Å²) in [5.74, 6) is 0.885. The summed E-state index contributed by atoms with van der Waals surface area (Å²) in [5, 5.41) is 13.3. The fraction of sp³-hybridized carbons (Fsp3) is 0.188. The van der Waals surface area contributed by atoms with Gasteiger partial charge in [-0.05, 0) is 25.1 Å². The number of non-ortho nitro benzene ring substituents is 1. The van der Waals surface area contributed by atoms with E-state index in [1.165, 1.54) is 24.3 Å². The Hall–Kier alpha value is -3.09. The Kier molecular flexibility index (Phi) is 5.14. The van der Waals surface area contributed by atoms with Gasteiger partial charge in [0.25, 0.3) is 5.69 Å². The molecular formula is C16H16N2O5. The molecule has 1 N–H and O–H groups in total. The van der Waals surface area contributed by atoms with Crippen LogP contribution in [0.15, 0.2) is 48.5 Å². The number of rotatable bonds is 5. The molecular weight excluding hydrogens is 300 g/mol. The molecule has 0 fully saturated rings. The number of methoxy groups -OCH3 is 1. The van der Waals surface area contributed by atoms with Crippen molar-refractivity contribution in [2.75, 3.05) is 7.11 Å². The summed E-state index contributed by atoms with van der Waals surface area (Å²) in [6, 6.07) is 12.3. The minimum Gasteiger partial charge on any atom is -0.496 e. The van der Waals surface area contributed by atoms with Gasteiger partial charge in [0, 0.05) is 17.7 Å². The van der Waals surface area contributed by atoms with Crippen LogP contribution < -0.4 is 14.8 Å². The average molecular weight is 316 g/mol. The number of nitro groups is 1. The lowest BCUT2D eigenvalue weighted by molar-refractivity contribution is -0.384. The van der Waals surface area contributed by atoms with Gasteiger partial charge in [0.05, 0.1) is 18.1 Å². The summed E-state index contributed by atoms with van der Waals surface area (Å²) in [6.45, 7) is 1.80. The highest BCUT2D eigenvalue weighted by Crippen LogP contribution is 2.24. The van der Waals surface area contributed by atoms with E-state index in [1.54, 1.807) is 20.1 Å². The first-order valence-electron chi connectivity index (χ1n) is 6.87. The molecule has 0 radical (unpaired) electrons. The second kappa shape index (κ2) is 7.26. The zero-order valence-corrected chi connectivity index (χ0v) is 12.7. The summed E-state index contributed by atoms with van der Waals surface area (Å²) < 4.78 is 10.3. The molecule has 2 rings (SSSR count). The van der Waals surface area contributed by atoms with Crippen LogP contribution in [-0.2, 0) is 0 Å². The van der Waals surface area contributed by atoms with E-state index in [-0.39, 0.29) is 17.5 Å². The van der Waals surface area contributed by atoms with Crippen molar-refractivity contribution in [3.63, 3.8) is 0 Å². The molecule has 120 valence electrons. The van der Waals surface area contributed by atoms with Gasteiger partial charge < -0.3 is 14.8 Å². The Morgan fingerprint density at radius 1 is 1.17 bits per heavy atom. The Bertz CT molecular complexity index is 700. The van der Waals surface area contributed by atoms with Crippen LogP contribution in [0.1, 0.15) is 18.5 Å². The van der Waals surface area contributed by atoms with E-state index in [0.717, 1.165) is 5.56 Å². The molecule has 1 atom stereocenters. The lowest BCUT2D eigenvalue weighted by atomic mass is 10.1. The first-order chi connectivity index (χ1) is 11.0. The smallest absolute Gasteiger partial charge is 0.413 e. The van der Waals surface area contributed by atoms with Gasteiger partial charge in [-0.15, -0.1) is 0 Å². The number of hydrogen-bond donors (Lipinski definition) is 1. The Morgan fingerprint density at radius 2 is 1.83 bits per heavy atom. The standard InChI is InChI=1S/C16H16N2O5/c1-11(14-5-3-4-6-15(14)22-2)17-16(19)23-13-9-7-12(8-10-13)18(20)21/h3-11H,1-2H3,(H,17,19)/t11-/m0/s1. The second-order valence-electron chi connectivity index (χ2n) is 4.75. The molecule has 0 saturated carbocycles. The van der Waals surface area contributed by atoms with Crippen LogP contribution in [0.5, 0.6) is 11.5 Å². The van der Waals surface area contributed by atoms with Gasteiger partial charge in [-0.1, -0.05) is 18.2 Å². The first kappa shape index (κ1) is 16.3. The number of nitrogens with one attached hydrogen (secondary N) is 1. The van der Waals surface area contributed by atoms with Crippen molar-refractivity contribution in [3.8, 4) is 11.5 Å². The molecule has 7 heteroatoms. The number of carbonyl (C=O) groups is 1. The molecule has 0 saturated heterocycles. The molecule has 2 aromatic rings. The molecule has 0 aliphatic rings. The highest BCUT2D eigenvalue weighted by atomic mass is 16.6. The zero-order chi connectivity index (χ0) is 16.8. The third-order valence-electron chi connectivity index (χ3n) is 3.20. The van der Waals surface area contributed by atoms with Gasteiger partial charge in [-0.25, -0.2) is 4.79 Å². The number of carbonyl (C=O) groups excluding carboxylic acids is 1. The molecule has 0 spiro atoms. The molecule has 0 aliphatic carbocycles. The number of nitrogens with zero attached hydrogens (tertiary/aromatic N) is 1. The molecule has 0 aromatic heterocycles. The van der Waals surface area contributed by atoms with Gasteiger partial charge >= 0.3 is 6.09 Å². The van der Waals surface area contributed by atoms with Gasteiger partial charge in [0.2, 0.25) is 0 Å². The number of amides is 1. The van der Waals surface area contributed by atoms with Crippen LogP contribution in [-0.4, -0.2) is 18.1 Å². The van der Waals surface area contributed by atoms with E-state index in [2.05, 4.69) is 5.32 Å². The van der Waals surface area contributed by atoms with Crippen molar-refractivity contribution >= 4 is 11.8 Å². The average Bonchev–Trinajstić information content (AvgIpc) is 2.55. The SMILES string of the molecule is COc1ccccc1[C@H](C)NC(=O)Oc1ccc([N+](=O)[O-])cc1. The molecule has 0 unspecified atom stereocenters. The molecule has 2 aromatic carbocycles.